The highest BCUT2D eigenvalue weighted by Gasteiger charge is 2.50. The summed E-state index contributed by atoms with van der Waals surface area (Å²) >= 11 is 1.53. The van der Waals surface area contributed by atoms with Crippen LogP contribution in [0, 0.1) is 11.7 Å². The maximum Gasteiger partial charge on any atom is 0.223 e. The van der Waals surface area contributed by atoms with Crippen LogP contribution in [-0.2, 0) is 4.79 Å². The smallest absolute Gasteiger partial charge is 0.223 e. The van der Waals surface area contributed by atoms with E-state index in [0.29, 0.717) is 28.8 Å². The molecule has 4 aliphatic heterocycles. The Morgan fingerprint density at radius 1 is 1.15 bits per heavy atom. The summed E-state index contributed by atoms with van der Waals surface area (Å²) in [7, 11) is 2.14. The Morgan fingerprint density at radius 3 is 2.78 bits per heavy atom. The van der Waals surface area contributed by atoms with E-state index in [9.17, 15) is 4.79 Å². The number of amides is 1. The van der Waals surface area contributed by atoms with Gasteiger partial charge in [-0.1, -0.05) is 12.1 Å². The molecule has 0 radical (unpaired) electrons. The van der Waals surface area contributed by atoms with Gasteiger partial charge in [-0.2, -0.15) is 0 Å². The molecule has 10 rings (SSSR count). The quantitative estimate of drug-likeness (QED) is 0.241. The number of ether oxygens (including phenoxy) is 1. The van der Waals surface area contributed by atoms with Crippen molar-refractivity contribution in [1.82, 2.24) is 34.6 Å². The molecule has 11 heteroatoms. The summed E-state index contributed by atoms with van der Waals surface area (Å²) in [6.45, 7) is 6.50. The zero-order valence-electron chi connectivity index (χ0n) is 26.4. The molecule has 4 aromatic heterocycles. The van der Waals surface area contributed by atoms with E-state index in [4.69, 9.17) is 14.7 Å². The van der Waals surface area contributed by atoms with Crippen LogP contribution in [0.1, 0.15) is 63.7 Å². The number of para-hydroxylation sites is 1. The first kappa shape index (κ1) is 28.5. The number of carbonyl (C=O) groups is 1. The van der Waals surface area contributed by atoms with Gasteiger partial charge >= 0.3 is 0 Å². The van der Waals surface area contributed by atoms with Crippen molar-refractivity contribution in [3.05, 3.63) is 47.5 Å². The summed E-state index contributed by atoms with van der Waals surface area (Å²) < 4.78 is 27.2. The Bertz CT molecular complexity index is 2010. The molecular weight excluding hydrogens is 601 g/mol. The van der Waals surface area contributed by atoms with E-state index in [0.717, 1.165) is 78.6 Å². The lowest BCUT2D eigenvalue weighted by Crippen LogP contribution is -2.40. The predicted octanol–water partition coefficient (Wildman–Crippen LogP) is 6.08. The number of hydrogen-bond donors (Lipinski definition) is 1. The normalized spacial score (nSPS) is 26.9. The summed E-state index contributed by atoms with van der Waals surface area (Å²) in [4.78, 5) is 31.5. The van der Waals surface area contributed by atoms with E-state index in [1.807, 2.05) is 23.1 Å². The van der Waals surface area contributed by atoms with Gasteiger partial charge in [-0.3, -0.25) is 14.7 Å². The minimum atomic E-state index is -0.467. The number of thiazole rings is 1. The second-order valence-electron chi connectivity index (χ2n) is 13.7. The summed E-state index contributed by atoms with van der Waals surface area (Å²) in [6, 6.07) is 8.73. The molecule has 0 spiro atoms. The number of likely N-dealkylation sites (N-methyl/N-ethyl adjacent to an activating group) is 1. The first-order chi connectivity index (χ1) is 22.4. The number of pyridine rings is 2. The third-order valence-electron chi connectivity index (χ3n) is 11.2. The highest BCUT2D eigenvalue weighted by molar-refractivity contribution is 7.16. The number of nitrogens with zero attached hydrogens (tertiary/aromatic N) is 6. The summed E-state index contributed by atoms with van der Waals surface area (Å²) in [6.07, 6.45) is 6.80. The SMILES string of the molecule is CC(=O)N1CCCC1c1cc2c(O[C@@H](C)C3CCCN3C)nc3c(F)c(-c4cccc5scnc45)ncc3c2n1[C@H]1[C@H]2CN[C@@H]1C2. The molecule has 5 aromatic rings. The second kappa shape index (κ2) is 10.7. The van der Waals surface area contributed by atoms with Crippen LogP contribution in [0.4, 0.5) is 4.39 Å². The molecule has 9 nitrogen and oxygen atoms in total. The van der Waals surface area contributed by atoms with Crippen LogP contribution >= 0.6 is 11.3 Å². The Balaban J connectivity index is 1.31. The molecule has 46 heavy (non-hydrogen) atoms. The van der Waals surface area contributed by atoms with Crippen LogP contribution in [0.2, 0.25) is 0 Å². The lowest BCUT2D eigenvalue weighted by Gasteiger charge is -2.39. The van der Waals surface area contributed by atoms with Crippen molar-refractivity contribution in [2.75, 3.05) is 26.7 Å². The van der Waals surface area contributed by atoms with Crippen molar-refractivity contribution < 1.29 is 13.9 Å². The van der Waals surface area contributed by atoms with Crippen molar-refractivity contribution in [3.63, 3.8) is 0 Å². The Hall–Kier alpha value is -3.67. The largest absolute Gasteiger partial charge is 0.472 e. The average Bonchev–Trinajstić information content (AvgIpc) is 3.88. The Morgan fingerprint density at radius 2 is 2.02 bits per heavy atom. The van der Waals surface area contributed by atoms with Crippen molar-refractivity contribution in [3.8, 4) is 17.1 Å². The third kappa shape index (κ3) is 4.17. The fourth-order valence-electron chi connectivity index (χ4n) is 8.91. The zero-order chi connectivity index (χ0) is 31.3. The van der Waals surface area contributed by atoms with Crippen LogP contribution in [0.5, 0.6) is 5.88 Å². The first-order valence-corrected chi connectivity index (χ1v) is 17.5. The van der Waals surface area contributed by atoms with E-state index >= 15 is 4.39 Å². The number of benzene rings is 1. The van der Waals surface area contributed by atoms with Crippen molar-refractivity contribution in [1.29, 1.82) is 0 Å². The number of hydrogen-bond acceptors (Lipinski definition) is 8. The van der Waals surface area contributed by atoms with Gasteiger partial charge in [0.2, 0.25) is 11.8 Å². The maximum atomic E-state index is 17.0. The van der Waals surface area contributed by atoms with Gasteiger partial charge in [-0.15, -0.1) is 11.3 Å². The minimum absolute atomic E-state index is 0.0504. The summed E-state index contributed by atoms with van der Waals surface area (Å²) in [5.74, 6) is 0.542. The molecule has 8 heterocycles. The fourth-order valence-corrected chi connectivity index (χ4v) is 9.61. The van der Waals surface area contributed by atoms with Gasteiger partial charge in [0, 0.05) is 54.9 Å². The summed E-state index contributed by atoms with van der Waals surface area (Å²) in [5.41, 5.74) is 5.68. The Kier molecular flexibility index (Phi) is 6.63. The van der Waals surface area contributed by atoms with E-state index < -0.39 is 5.82 Å². The van der Waals surface area contributed by atoms with E-state index in [1.54, 1.807) is 18.6 Å². The molecule has 1 aliphatic carbocycles. The number of fused-ring (bicyclic) bond motifs is 5. The highest BCUT2D eigenvalue weighted by atomic mass is 32.1. The van der Waals surface area contributed by atoms with Gasteiger partial charge in [0.15, 0.2) is 5.82 Å². The lowest BCUT2D eigenvalue weighted by molar-refractivity contribution is -0.129. The molecule has 1 saturated carbocycles. The number of nitrogens with one attached hydrogen (secondary N) is 1. The van der Waals surface area contributed by atoms with E-state index in [1.165, 1.54) is 11.3 Å². The highest BCUT2D eigenvalue weighted by Crippen LogP contribution is 2.51. The number of carbonyl (C=O) groups excluding carboxylic acids is 1. The van der Waals surface area contributed by atoms with Crippen LogP contribution in [-0.4, -0.2) is 80.1 Å². The fraction of sp³-hybridized carbons (Fsp3) is 0.486. The standard InChI is InChI=1S/C35H38FN7O2S/c1-18(25-8-5-11-41(25)3)45-35-22-14-27(26-9-6-12-42(26)19(2)44)43(33-20-13-24(33)37-15-20)34(22)23-16-38-31(29(36)32(23)40-35)21-7-4-10-28-30(21)39-17-46-28/h4,7,10,14,16-18,20,24-26,33,37H,5-6,8-9,11-13,15H2,1-3H3/t18-,20+,24+,25?,26?,33-/m0/s1. The number of likely N-dealkylation sites (tertiary alicyclic amines) is 2. The van der Waals surface area contributed by atoms with Crippen molar-refractivity contribution >= 4 is 49.3 Å². The van der Waals surface area contributed by atoms with Crippen LogP contribution in [0.3, 0.4) is 0 Å². The average molecular weight is 640 g/mol. The molecular formula is C35H38FN7O2S. The van der Waals surface area contributed by atoms with Gasteiger partial charge in [-0.05, 0) is 70.7 Å². The first-order valence-electron chi connectivity index (χ1n) is 16.6. The topological polar surface area (TPSA) is 88.4 Å². The predicted molar refractivity (Wildman–Crippen MR) is 178 cm³/mol. The van der Waals surface area contributed by atoms with Crippen LogP contribution < -0.4 is 10.1 Å². The zero-order valence-corrected chi connectivity index (χ0v) is 27.2. The molecule has 2 unspecified atom stereocenters. The number of rotatable bonds is 6. The molecule has 4 saturated heterocycles. The monoisotopic (exact) mass is 639 g/mol. The Labute approximate surface area is 270 Å². The van der Waals surface area contributed by atoms with Gasteiger partial charge in [0.05, 0.1) is 38.7 Å². The van der Waals surface area contributed by atoms with Gasteiger partial charge < -0.3 is 19.5 Å². The maximum absolute atomic E-state index is 17.0. The molecule has 1 aromatic carbocycles. The lowest BCUT2D eigenvalue weighted by atomic mass is 9.79. The molecule has 1 amide bonds. The molecule has 5 fully saturated rings. The van der Waals surface area contributed by atoms with Crippen molar-refractivity contribution in [2.24, 2.45) is 5.92 Å². The second-order valence-corrected chi connectivity index (χ2v) is 14.6. The third-order valence-corrected chi connectivity index (χ3v) is 12.0. The molecule has 238 valence electrons. The van der Waals surface area contributed by atoms with E-state index in [2.05, 4.69) is 39.8 Å². The molecule has 6 atom stereocenters. The number of aromatic nitrogens is 4. The van der Waals surface area contributed by atoms with Crippen LogP contribution in [0.25, 0.3) is 43.3 Å². The van der Waals surface area contributed by atoms with Crippen LogP contribution in [0.15, 0.2) is 36.0 Å². The minimum Gasteiger partial charge on any atom is -0.472 e. The molecule has 5 aliphatic rings. The number of halogens is 1. The van der Waals surface area contributed by atoms with Gasteiger partial charge in [0.25, 0.3) is 0 Å². The summed E-state index contributed by atoms with van der Waals surface area (Å²) in [5, 5.41) is 5.23. The van der Waals surface area contributed by atoms with Gasteiger partial charge in [0.1, 0.15) is 17.3 Å². The molecule has 1 N–H and O–H groups in total. The van der Waals surface area contributed by atoms with Gasteiger partial charge in [-0.25, -0.2) is 14.4 Å². The van der Waals surface area contributed by atoms with E-state index in [-0.39, 0.29) is 41.3 Å². The van der Waals surface area contributed by atoms with Crippen molar-refractivity contribution in [2.45, 2.75) is 76.2 Å². The molecule has 2 bridgehead atoms.